The van der Waals surface area contributed by atoms with E-state index in [1.54, 1.807) is 47.9 Å². The number of nitrogens with zero attached hydrogens (tertiary/aromatic N) is 3. The van der Waals surface area contributed by atoms with Crippen LogP contribution in [0.1, 0.15) is 16.7 Å². The minimum absolute atomic E-state index is 0.0151. The van der Waals surface area contributed by atoms with Gasteiger partial charge in [-0.15, -0.1) is 0 Å². The third-order valence-corrected chi connectivity index (χ3v) is 7.88. The second kappa shape index (κ2) is 12.5. The second-order valence-corrected chi connectivity index (χ2v) is 11.6. The molecule has 0 fully saturated rings. The molecule has 5 rings (SSSR count). The summed E-state index contributed by atoms with van der Waals surface area (Å²) in [5.74, 6) is 0.0738. The molecular weight excluding hydrogens is 592 g/mol. The Bertz CT molecular complexity index is 1770. The summed E-state index contributed by atoms with van der Waals surface area (Å²) in [6, 6.07) is 11.4. The monoisotopic (exact) mass is 617 g/mol. The van der Waals surface area contributed by atoms with Crippen LogP contribution < -0.4 is 11.3 Å². The molecule has 0 spiro atoms. The van der Waals surface area contributed by atoms with E-state index in [0.29, 0.717) is 27.5 Å². The van der Waals surface area contributed by atoms with E-state index < -0.39 is 25.3 Å². The first-order valence-electron chi connectivity index (χ1n) is 12.6. The van der Waals surface area contributed by atoms with Crippen LogP contribution in [0.2, 0.25) is 5.02 Å². The lowest BCUT2D eigenvalue weighted by molar-refractivity contribution is 0.114. The van der Waals surface area contributed by atoms with Crippen molar-refractivity contribution in [2.75, 3.05) is 25.3 Å². The first-order chi connectivity index (χ1) is 20.1. The Hall–Kier alpha value is -4.00. The second-order valence-electron chi connectivity index (χ2n) is 9.18. The summed E-state index contributed by atoms with van der Waals surface area (Å²) in [6.45, 7) is 5.04. The molecule has 1 unspecified atom stereocenters. The number of halogens is 2. The molecule has 0 bridgehead atoms. The van der Waals surface area contributed by atoms with E-state index in [9.17, 15) is 13.8 Å². The number of hydrogen-bond acceptors (Lipinski definition) is 10. The molecule has 1 aliphatic rings. The van der Waals surface area contributed by atoms with E-state index in [1.807, 2.05) is 0 Å². The number of ether oxygens (including phenoxy) is 3. The molecule has 3 N–H and O–H groups in total. The van der Waals surface area contributed by atoms with Gasteiger partial charge in [0.15, 0.2) is 22.7 Å². The Morgan fingerprint density at radius 3 is 2.69 bits per heavy atom. The van der Waals surface area contributed by atoms with Crippen LogP contribution in [0.4, 0.5) is 10.3 Å². The zero-order valence-corrected chi connectivity index (χ0v) is 24.0. The molecule has 220 valence electrons. The minimum Gasteiger partial charge on any atom is -0.424 e. The highest BCUT2D eigenvalue weighted by atomic mass is 35.5. The van der Waals surface area contributed by atoms with Gasteiger partial charge in [-0.1, -0.05) is 23.7 Å². The molecule has 2 aromatic heterocycles. The zero-order chi connectivity index (χ0) is 29.9. The normalized spacial score (nSPS) is 14.7. The smallest absolute Gasteiger partial charge is 0.356 e. The summed E-state index contributed by atoms with van der Waals surface area (Å²) >= 11 is 5.99. The van der Waals surface area contributed by atoms with Gasteiger partial charge in [-0.25, -0.2) is 9.37 Å². The fraction of sp³-hybridized carbons (Fsp3) is 0.222. The molecule has 1 atom stereocenters. The number of H-pyrrole nitrogens is 1. The molecule has 2 aromatic carbocycles. The number of imidazole rings is 1. The predicted octanol–water partition coefficient (Wildman–Crippen LogP) is 5.09. The van der Waals surface area contributed by atoms with E-state index in [0.717, 1.165) is 0 Å². The molecule has 0 saturated carbocycles. The molecular formula is C27H26ClFN5O7P. The maximum absolute atomic E-state index is 14.1. The fourth-order valence-electron chi connectivity index (χ4n) is 3.93. The number of benzene rings is 2. The van der Waals surface area contributed by atoms with E-state index in [-0.39, 0.29) is 55.2 Å². The van der Waals surface area contributed by atoms with Crippen LogP contribution in [0.15, 0.2) is 71.9 Å². The summed E-state index contributed by atoms with van der Waals surface area (Å²) in [4.78, 5) is 22.6. The molecule has 15 heteroatoms. The van der Waals surface area contributed by atoms with Crippen LogP contribution in [0.25, 0.3) is 16.9 Å². The average Bonchev–Trinajstić information content (AvgIpc) is 3.54. The third kappa shape index (κ3) is 6.89. The minimum atomic E-state index is -3.96. The van der Waals surface area contributed by atoms with Crippen molar-refractivity contribution in [1.29, 1.82) is 0 Å². The van der Waals surface area contributed by atoms with Gasteiger partial charge >= 0.3 is 7.60 Å². The van der Waals surface area contributed by atoms with Gasteiger partial charge in [0.1, 0.15) is 18.8 Å². The molecule has 1 aliphatic heterocycles. The van der Waals surface area contributed by atoms with Crippen molar-refractivity contribution in [2.24, 2.45) is 0 Å². The van der Waals surface area contributed by atoms with Gasteiger partial charge in [0.25, 0.3) is 11.5 Å². The SMILES string of the molecule is C=C1OC(COP(=O)(COCCn2cnc3c(=O)[nH]c(N)nc32)OCc2ccc(C)c(F)c2)=C(c2ccc(Cl)cc2)O1. The van der Waals surface area contributed by atoms with Gasteiger partial charge in [-0.3, -0.25) is 18.9 Å². The van der Waals surface area contributed by atoms with Crippen LogP contribution in [0, 0.1) is 12.7 Å². The standard InChI is InChI=1S/C27H26ClFN5O7P/c1-16-3-4-18(11-21(16)29)12-38-42(36,15-37-10-9-34-14-31-23-25(34)32-27(30)33-26(23)35)39-13-22-24(41-17(2)40-22)19-5-7-20(28)8-6-19/h3-8,11,14H,2,9-10,12-13,15H2,1H3,(H3,30,32,33,35). The van der Waals surface area contributed by atoms with Crippen molar-refractivity contribution in [1.82, 2.24) is 19.5 Å². The zero-order valence-electron chi connectivity index (χ0n) is 22.3. The van der Waals surface area contributed by atoms with E-state index in [1.165, 1.54) is 12.4 Å². The molecule has 4 aromatic rings. The Labute approximate surface area is 244 Å². The summed E-state index contributed by atoms with van der Waals surface area (Å²) in [5, 5.41) is 0.534. The van der Waals surface area contributed by atoms with Crippen LogP contribution in [-0.4, -0.2) is 39.1 Å². The number of fused-ring (bicyclic) bond motifs is 1. The molecule has 0 radical (unpaired) electrons. The highest BCUT2D eigenvalue weighted by Crippen LogP contribution is 2.50. The molecule has 42 heavy (non-hydrogen) atoms. The summed E-state index contributed by atoms with van der Waals surface area (Å²) in [6.07, 6.45) is 0.971. The Kier molecular flexibility index (Phi) is 8.76. The van der Waals surface area contributed by atoms with Gasteiger partial charge in [-0.2, -0.15) is 4.98 Å². The van der Waals surface area contributed by atoms with Crippen molar-refractivity contribution in [3.05, 3.63) is 105 Å². The number of anilines is 1. The lowest BCUT2D eigenvalue weighted by atomic mass is 10.1. The summed E-state index contributed by atoms with van der Waals surface area (Å²) in [5.41, 5.74) is 7.13. The predicted molar refractivity (Wildman–Crippen MR) is 153 cm³/mol. The van der Waals surface area contributed by atoms with E-state index in [2.05, 4.69) is 21.5 Å². The largest absolute Gasteiger partial charge is 0.424 e. The Morgan fingerprint density at radius 2 is 1.93 bits per heavy atom. The molecule has 0 aliphatic carbocycles. The fourth-order valence-corrected chi connectivity index (χ4v) is 5.30. The quantitative estimate of drug-likeness (QED) is 0.162. The average molecular weight is 618 g/mol. The number of aromatic amines is 1. The first kappa shape index (κ1) is 29.5. The van der Waals surface area contributed by atoms with E-state index in [4.69, 9.17) is 40.6 Å². The van der Waals surface area contributed by atoms with Crippen molar-refractivity contribution in [3.63, 3.8) is 0 Å². The van der Waals surface area contributed by atoms with Gasteiger partial charge in [0, 0.05) is 17.1 Å². The van der Waals surface area contributed by atoms with Crippen LogP contribution >= 0.6 is 19.2 Å². The lowest BCUT2D eigenvalue weighted by Gasteiger charge is -2.19. The first-order valence-corrected chi connectivity index (χ1v) is 14.7. The van der Waals surface area contributed by atoms with Crippen molar-refractivity contribution in [2.45, 2.75) is 20.1 Å². The molecule has 0 amide bonds. The van der Waals surface area contributed by atoms with Crippen molar-refractivity contribution >= 4 is 42.1 Å². The number of aryl methyl sites for hydroxylation is 1. The Morgan fingerprint density at radius 1 is 1.17 bits per heavy atom. The van der Waals surface area contributed by atoms with Crippen LogP contribution in [-0.2, 0) is 41.0 Å². The number of nitrogens with one attached hydrogen (secondary N) is 1. The lowest BCUT2D eigenvalue weighted by Crippen LogP contribution is -2.13. The number of nitrogens with two attached hydrogens (primary N) is 1. The topological polar surface area (TPSA) is 153 Å². The maximum Gasteiger partial charge on any atom is 0.356 e. The van der Waals surface area contributed by atoms with Gasteiger partial charge < -0.3 is 29.0 Å². The Balaban J connectivity index is 1.29. The maximum atomic E-state index is 14.1. The van der Waals surface area contributed by atoms with Crippen LogP contribution in [0.5, 0.6) is 0 Å². The van der Waals surface area contributed by atoms with Gasteiger partial charge in [-0.05, 0) is 55.0 Å². The molecule has 12 nitrogen and oxygen atoms in total. The number of aromatic nitrogens is 4. The van der Waals surface area contributed by atoms with Crippen molar-refractivity contribution < 1.29 is 32.2 Å². The summed E-state index contributed by atoms with van der Waals surface area (Å²) < 4.78 is 57.7. The third-order valence-electron chi connectivity index (χ3n) is 6.09. The number of rotatable bonds is 12. The van der Waals surface area contributed by atoms with Crippen LogP contribution in [0.3, 0.4) is 0 Å². The van der Waals surface area contributed by atoms with Gasteiger partial charge in [0.2, 0.25) is 5.95 Å². The van der Waals surface area contributed by atoms with E-state index >= 15 is 0 Å². The number of nitrogen functional groups attached to an aromatic ring is 1. The summed E-state index contributed by atoms with van der Waals surface area (Å²) in [7, 11) is -3.96. The highest BCUT2D eigenvalue weighted by Gasteiger charge is 2.30. The van der Waals surface area contributed by atoms with Gasteiger partial charge in [0.05, 0.1) is 19.5 Å². The molecule has 3 heterocycles. The number of hydrogen-bond donors (Lipinski definition) is 2. The van der Waals surface area contributed by atoms with Crippen molar-refractivity contribution in [3.8, 4) is 0 Å². The molecule has 0 saturated heterocycles. The highest BCUT2D eigenvalue weighted by molar-refractivity contribution is 7.53.